The van der Waals surface area contributed by atoms with E-state index in [2.05, 4.69) is 31.1 Å². The summed E-state index contributed by atoms with van der Waals surface area (Å²) in [4.78, 5) is 4.21. The highest BCUT2D eigenvalue weighted by atomic mass is 79.9. The molecule has 0 aliphatic rings. The zero-order chi connectivity index (χ0) is 10.8. The molecule has 0 radical (unpaired) electrons. The van der Waals surface area contributed by atoms with E-state index in [0.717, 1.165) is 10.0 Å². The Kier molecular flexibility index (Phi) is 3.04. The molecule has 2 aromatic rings. The number of aromatic nitrogens is 3. The van der Waals surface area contributed by atoms with Gasteiger partial charge in [-0.3, -0.25) is 5.10 Å². The molecule has 4 nitrogen and oxygen atoms in total. The fourth-order valence-corrected chi connectivity index (χ4v) is 2.06. The third-order valence-corrected chi connectivity index (χ3v) is 2.52. The van der Waals surface area contributed by atoms with Crippen LogP contribution in [0.1, 0.15) is 5.82 Å². The first-order valence-corrected chi connectivity index (χ1v) is 5.44. The van der Waals surface area contributed by atoms with Crippen LogP contribution in [0.25, 0.3) is 11.4 Å². The maximum Gasteiger partial charge on any atom is 0.181 e. The zero-order valence-electron chi connectivity index (χ0n) is 7.67. The van der Waals surface area contributed by atoms with Crippen LogP contribution in [0.15, 0.2) is 22.7 Å². The molecule has 0 amide bonds. The van der Waals surface area contributed by atoms with Gasteiger partial charge in [-0.1, -0.05) is 27.5 Å². The molecular weight excluding hydrogens is 279 g/mol. The molecule has 1 heterocycles. The van der Waals surface area contributed by atoms with Crippen LogP contribution in [0.2, 0.25) is 5.02 Å². The Hall–Kier alpha value is -0.910. The minimum atomic E-state index is 0.342. The molecule has 6 heteroatoms. The largest absolute Gasteiger partial charge is 0.324 e. The van der Waals surface area contributed by atoms with E-state index in [0.29, 0.717) is 23.2 Å². The second kappa shape index (κ2) is 4.30. The van der Waals surface area contributed by atoms with E-state index in [4.69, 9.17) is 17.3 Å². The Labute approximate surface area is 100.0 Å². The monoisotopic (exact) mass is 286 g/mol. The van der Waals surface area contributed by atoms with Crippen molar-refractivity contribution in [1.29, 1.82) is 0 Å². The molecule has 3 N–H and O–H groups in total. The van der Waals surface area contributed by atoms with Gasteiger partial charge >= 0.3 is 0 Å². The van der Waals surface area contributed by atoms with Crippen LogP contribution < -0.4 is 5.73 Å². The Bertz CT molecular complexity index is 462. The molecule has 2 rings (SSSR count). The van der Waals surface area contributed by atoms with Gasteiger partial charge in [-0.05, 0) is 18.2 Å². The molecule has 0 fully saturated rings. The SMILES string of the molecule is NCc1nc(-c2cc(Cl)cc(Br)c2)n[nH]1. The number of aromatic amines is 1. The van der Waals surface area contributed by atoms with Crippen molar-refractivity contribution >= 4 is 27.5 Å². The van der Waals surface area contributed by atoms with E-state index in [-0.39, 0.29) is 0 Å². The number of benzene rings is 1. The molecule has 78 valence electrons. The number of nitrogens with one attached hydrogen (secondary N) is 1. The fourth-order valence-electron chi connectivity index (χ4n) is 1.20. The molecule has 0 saturated heterocycles. The molecule has 1 aromatic carbocycles. The van der Waals surface area contributed by atoms with Crippen molar-refractivity contribution in [3.63, 3.8) is 0 Å². The lowest BCUT2D eigenvalue weighted by molar-refractivity contribution is 0.917. The number of nitrogens with zero attached hydrogens (tertiary/aromatic N) is 2. The van der Waals surface area contributed by atoms with Crippen LogP contribution in [0.5, 0.6) is 0 Å². The van der Waals surface area contributed by atoms with Gasteiger partial charge in [0, 0.05) is 15.1 Å². The molecule has 0 spiro atoms. The van der Waals surface area contributed by atoms with Gasteiger partial charge in [0.05, 0.1) is 6.54 Å². The van der Waals surface area contributed by atoms with Crippen LogP contribution >= 0.6 is 27.5 Å². The third kappa shape index (κ3) is 2.37. The van der Waals surface area contributed by atoms with Crippen LogP contribution in [0.4, 0.5) is 0 Å². The van der Waals surface area contributed by atoms with Crippen molar-refractivity contribution in [3.05, 3.63) is 33.5 Å². The Balaban J connectivity index is 2.44. The van der Waals surface area contributed by atoms with Gasteiger partial charge in [0.15, 0.2) is 5.82 Å². The first-order chi connectivity index (χ1) is 7.19. The summed E-state index contributed by atoms with van der Waals surface area (Å²) in [6.45, 7) is 0.342. The Morgan fingerprint density at radius 3 is 2.80 bits per heavy atom. The molecule has 0 aliphatic carbocycles. The number of hydrogen-bond donors (Lipinski definition) is 2. The quantitative estimate of drug-likeness (QED) is 0.891. The summed E-state index contributed by atoms with van der Waals surface area (Å²) in [5.41, 5.74) is 6.28. The van der Waals surface area contributed by atoms with Crippen molar-refractivity contribution in [3.8, 4) is 11.4 Å². The summed E-state index contributed by atoms with van der Waals surface area (Å²) in [5.74, 6) is 1.25. The van der Waals surface area contributed by atoms with Gasteiger partial charge in [0.1, 0.15) is 5.82 Å². The summed E-state index contributed by atoms with van der Waals surface area (Å²) < 4.78 is 0.893. The normalized spacial score (nSPS) is 10.6. The Morgan fingerprint density at radius 1 is 1.40 bits per heavy atom. The second-order valence-corrected chi connectivity index (χ2v) is 4.32. The van der Waals surface area contributed by atoms with Gasteiger partial charge in [-0.2, -0.15) is 5.10 Å². The predicted octanol–water partition coefficient (Wildman–Crippen LogP) is 2.35. The number of hydrogen-bond acceptors (Lipinski definition) is 3. The fraction of sp³-hybridized carbons (Fsp3) is 0.111. The van der Waals surface area contributed by atoms with Crippen molar-refractivity contribution in [1.82, 2.24) is 15.2 Å². The Morgan fingerprint density at radius 2 is 2.20 bits per heavy atom. The predicted molar refractivity (Wildman–Crippen MR) is 62.4 cm³/mol. The van der Waals surface area contributed by atoms with Crippen LogP contribution in [0.3, 0.4) is 0 Å². The molecule has 0 aliphatic heterocycles. The topological polar surface area (TPSA) is 67.6 Å². The summed E-state index contributed by atoms with van der Waals surface area (Å²) in [5, 5.41) is 7.43. The van der Waals surface area contributed by atoms with Crippen molar-refractivity contribution in [2.45, 2.75) is 6.54 Å². The number of rotatable bonds is 2. The van der Waals surface area contributed by atoms with Gasteiger partial charge in [0.2, 0.25) is 0 Å². The van der Waals surface area contributed by atoms with E-state index in [1.807, 2.05) is 12.1 Å². The molecule has 0 unspecified atom stereocenters. The summed E-state index contributed by atoms with van der Waals surface area (Å²) >= 11 is 9.28. The molecule has 1 aromatic heterocycles. The lowest BCUT2D eigenvalue weighted by atomic mass is 10.2. The smallest absolute Gasteiger partial charge is 0.181 e. The maximum absolute atomic E-state index is 5.92. The van der Waals surface area contributed by atoms with Crippen molar-refractivity contribution < 1.29 is 0 Å². The number of H-pyrrole nitrogens is 1. The van der Waals surface area contributed by atoms with Crippen LogP contribution in [-0.2, 0) is 6.54 Å². The third-order valence-electron chi connectivity index (χ3n) is 1.85. The van der Waals surface area contributed by atoms with Gasteiger partial charge < -0.3 is 5.73 Å². The minimum absolute atomic E-state index is 0.342. The van der Waals surface area contributed by atoms with Crippen LogP contribution in [-0.4, -0.2) is 15.2 Å². The van der Waals surface area contributed by atoms with Crippen LogP contribution in [0, 0.1) is 0 Å². The first kappa shape index (κ1) is 10.6. The molecule has 0 saturated carbocycles. The van der Waals surface area contributed by atoms with E-state index >= 15 is 0 Å². The maximum atomic E-state index is 5.92. The highest BCUT2D eigenvalue weighted by Gasteiger charge is 2.06. The molecule has 0 atom stereocenters. The lowest BCUT2D eigenvalue weighted by Crippen LogP contribution is -1.97. The minimum Gasteiger partial charge on any atom is -0.324 e. The standard InChI is InChI=1S/C9H8BrClN4/c10-6-1-5(2-7(11)3-6)9-13-8(4-12)14-15-9/h1-3H,4,12H2,(H,13,14,15). The molecular formula is C9H8BrClN4. The average Bonchev–Trinajstić information content (AvgIpc) is 2.64. The highest BCUT2D eigenvalue weighted by Crippen LogP contribution is 2.25. The van der Waals surface area contributed by atoms with E-state index in [9.17, 15) is 0 Å². The lowest BCUT2D eigenvalue weighted by Gasteiger charge is -1.97. The summed E-state index contributed by atoms with van der Waals surface area (Å²) in [7, 11) is 0. The van der Waals surface area contributed by atoms with Crippen molar-refractivity contribution in [2.24, 2.45) is 5.73 Å². The molecule has 15 heavy (non-hydrogen) atoms. The van der Waals surface area contributed by atoms with E-state index < -0.39 is 0 Å². The second-order valence-electron chi connectivity index (χ2n) is 2.97. The summed E-state index contributed by atoms with van der Waals surface area (Å²) in [6.07, 6.45) is 0. The van der Waals surface area contributed by atoms with Gasteiger partial charge in [-0.15, -0.1) is 0 Å². The molecule has 0 bridgehead atoms. The van der Waals surface area contributed by atoms with E-state index in [1.54, 1.807) is 6.07 Å². The van der Waals surface area contributed by atoms with Crippen molar-refractivity contribution in [2.75, 3.05) is 0 Å². The van der Waals surface area contributed by atoms with Gasteiger partial charge in [0.25, 0.3) is 0 Å². The average molecular weight is 288 g/mol. The summed E-state index contributed by atoms with van der Waals surface area (Å²) in [6, 6.07) is 5.51. The highest BCUT2D eigenvalue weighted by molar-refractivity contribution is 9.10. The number of nitrogens with two attached hydrogens (primary N) is 1. The first-order valence-electron chi connectivity index (χ1n) is 4.27. The van der Waals surface area contributed by atoms with Gasteiger partial charge in [-0.25, -0.2) is 4.98 Å². The zero-order valence-corrected chi connectivity index (χ0v) is 10.0. The van der Waals surface area contributed by atoms with E-state index in [1.165, 1.54) is 0 Å². The number of halogens is 2.